The molecule has 27 heavy (non-hydrogen) atoms. The summed E-state index contributed by atoms with van der Waals surface area (Å²) in [5, 5.41) is 9.90. The standard InChI is InChI=1S/C21H32N2O4/c1-3-22-12-6-7-17(15-22)16-23-13-10-21(11-14-23,20(24)25)27-19-9-5-4-8-18(19)26-2/h4-5,8-9,17H,3,6-7,10-16H2,1-2H3,(H,24,25)/t17-/m0/s1. The third-order valence-corrected chi connectivity index (χ3v) is 5.99. The van der Waals surface area contributed by atoms with E-state index in [1.54, 1.807) is 19.2 Å². The molecule has 0 radical (unpaired) electrons. The molecule has 2 heterocycles. The average Bonchev–Trinajstić information content (AvgIpc) is 2.70. The molecule has 2 aliphatic rings. The molecular formula is C21H32N2O4. The van der Waals surface area contributed by atoms with E-state index in [0.29, 0.717) is 30.3 Å². The number of aliphatic carboxylic acids is 1. The second-order valence-corrected chi connectivity index (χ2v) is 7.75. The van der Waals surface area contributed by atoms with Gasteiger partial charge in [-0.15, -0.1) is 0 Å². The lowest BCUT2D eigenvalue weighted by molar-refractivity contribution is -0.160. The van der Waals surface area contributed by atoms with Crippen molar-refractivity contribution < 1.29 is 19.4 Å². The van der Waals surface area contributed by atoms with Crippen molar-refractivity contribution in [3.05, 3.63) is 24.3 Å². The largest absolute Gasteiger partial charge is 0.493 e. The first-order valence-corrected chi connectivity index (χ1v) is 10.1. The highest BCUT2D eigenvalue weighted by Gasteiger charge is 2.44. The number of hydrogen-bond acceptors (Lipinski definition) is 5. The fraction of sp³-hybridized carbons (Fsp3) is 0.667. The number of benzene rings is 1. The smallest absolute Gasteiger partial charge is 0.348 e. The van der Waals surface area contributed by atoms with Crippen molar-refractivity contribution in [3.8, 4) is 11.5 Å². The minimum absolute atomic E-state index is 0.491. The Morgan fingerprint density at radius 1 is 1.19 bits per heavy atom. The Morgan fingerprint density at radius 3 is 2.52 bits per heavy atom. The number of nitrogens with zero attached hydrogens (tertiary/aromatic N) is 2. The topological polar surface area (TPSA) is 62.2 Å². The van der Waals surface area contributed by atoms with Gasteiger partial charge in [-0.1, -0.05) is 19.1 Å². The second kappa shape index (κ2) is 8.93. The Hall–Kier alpha value is -1.79. The number of methoxy groups -OCH3 is 1. The van der Waals surface area contributed by atoms with E-state index in [1.807, 2.05) is 12.1 Å². The van der Waals surface area contributed by atoms with Gasteiger partial charge in [0.1, 0.15) is 0 Å². The highest BCUT2D eigenvalue weighted by Crippen LogP contribution is 2.35. The molecule has 3 rings (SSSR count). The highest BCUT2D eigenvalue weighted by atomic mass is 16.5. The first-order chi connectivity index (χ1) is 13.1. The number of piperidine rings is 2. The number of rotatable bonds is 7. The van der Waals surface area contributed by atoms with Crippen LogP contribution in [-0.2, 0) is 4.79 Å². The van der Waals surface area contributed by atoms with Crippen LogP contribution in [0.1, 0.15) is 32.6 Å². The molecular weight excluding hydrogens is 344 g/mol. The Kier molecular flexibility index (Phi) is 6.60. The molecule has 1 N–H and O–H groups in total. The van der Waals surface area contributed by atoms with Crippen LogP contribution in [0.4, 0.5) is 0 Å². The van der Waals surface area contributed by atoms with Crippen LogP contribution < -0.4 is 9.47 Å². The minimum atomic E-state index is -1.17. The van der Waals surface area contributed by atoms with Crippen LogP contribution in [0, 0.1) is 5.92 Å². The molecule has 2 saturated heterocycles. The normalized spacial score (nSPS) is 23.7. The molecule has 150 valence electrons. The molecule has 1 aromatic rings. The lowest BCUT2D eigenvalue weighted by Crippen LogP contribution is -2.54. The van der Waals surface area contributed by atoms with Gasteiger partial charge in [-0.25, -0.2) is 4.79 Å². The van der Waals surface area contributed by atoms with Gasteiger partial charge in [0.25, 0.3) is 0 Å². The summed E-state index contributed by atoms with van der Waals surface area (Å²) in [7, 11) is 1.57. The van der Waals surface area contributed by atoms with Crippen molar-refractivity contribution in [1.82, 2.24) is 9.80 Å². The second-order valence-electron chi connectivity index (χ2n) is 7.75. The van der Waals surface area contributed by atoms with Crippen molar-refractivity contribution >= 4 is 5.97 Å². The predicted octanol–water partition coefficient (Wildman–Crippen LogP) is 2.73. The molecule has 2 fully saturated rings. The van der Waals surface area contributed by atoms with Gasteiger partial charge in [-0.3, -0.25) is 0 Å². The van der Waals surface area contributed by atoms with Crippen molar-refractivity contribution in [3.63, 3.8) is 0 Å². The zero-order chi connectivity index (χ0) is 19.3. The fourth-order valence-electron chi connectivity index (χ4n) is 4.32. The van der Waals surface area contributed by atoms with Crippen LogP contribution in [0.25, 0.3) is 0 Å². The van der Waals surface area contributed by atoms with E-state index < -0.39 is 11.6 Å². The summed E-state index contributed by atoms with van der Waals surface area (Å²) >= 11 is 0. The van der Waals surface area contributed by atoms with Crippen LogP contribution in [0.15, 0.2) is 24.3 Å². The lowest BCUT2D eigenvalue weighted by Gasteiger charge is -2.41. The van der Waals surface area contributed by atoms with Crippen molar-refractivity contribution in [2.45, 2.75) is 38.2 Å². The third-order valence-electron chi connectivity index (χ3n) is 5.99. The van der Waals surface area contributed by atoms with Gasteiger partial charge in [-0.2, -0.15) is 0 Å². The molecule has 0 unspecified atom stereocenters. The minimum Gasteiger partial charge on any atom is -0.493 e. The maximum Gasteiger partial charge on any atom is 0.348 e. The number of carbonyl (C=O) groups is 1. The van der Waals surface area contributed by atoms with E-state index in [0.717, 1.165) is 32.7 Å². The van der Waals surface area contributed by atoms with Gasteiger partial charge in [0.05, 0.1) is 7.11 Å². The Balaban J connectivity index is 1.61. The summed E-state index contributed by atoms with van der Waals surface area (Å²) in [4.78, 5) is 17.0. The maximum atomic E-state index is 12.1. The first kappa shape index (κ1) is 20.0. The molecule has 1 aromatic carbocycles. The SMILES string of the molecule is CCN1CCC[C@H](CN2CCC(Oc3ccccc3OC)(C(=O)O)CC2)C1. The summed E-state index contributed by atoms with van der Waals surface area (Å²) in [6.45, 7) is 8.27. The monoisotopic (exact) mass is 376 g/mol. The van der Waals surface area contributed by atoms with Gasteiger partial charge in [0.15, 0.2) is 11.5 Å². The van der Waals surface area contributed by atoms with Gasteiger partial charge < -0.3 is 24.4 Å². The maximum absolute atomic E-state index is 12.1. The van der Waals surface area contributed by atoms with Crippen molar-refractivity contribution in [2.24, 2.45) is 5.92 Å². The molecule has 0 amide bonds. The van der Waals surface area contributed by atoms with Crippen LogP contribution in [0.5, 0.6) is 11.5 Å². The summed E-state index contributed by atoms with van der Waals surface area (Å²) in [6.07, 6.45) is 3.52. The number of hydrogen-bond donors (Lipinski definition) is 1. The van der Waals surface area contributed by atoms with E-state index in [2.05, 4.69) is 16.7 Å². The van der Waals surface area contributed by atoms with E-state index in [9.17, 15) is 9.90 Å². The lowest BCUT2D eigenvalue weighted by atomic mass is 9.89. The van der Waals surface area contributed by atoms with E-state index >= 15 is 0 Å². The Labute approximate surface area is 162 Å². The number of likely N-dealkylation sites (tertiary alicyclic amines) is 2. The van der Waals surface area contributed by atoms with Gasteiger partial charge in [-0.05, 0) is 44.0 Å². The van der Waals surface area contributed by atoms with Crippen LogP contribution in [-0.4, -0.2) is 72.9 Å². The fourth-order valence-corrected chi connectivity index (χ4v) is 4.32. The molecule has 6 nitrogen and oxygen atoms in total. The molecule has 0 aromatic heterocycles. The molecule has 6 heteroatoms. The molecule has 0 bridgehead atoms. The Bertz CT molecular complexity index is 628. The number of carboxylic acids is 1. The van der Waals surface area contributed by atoms with Crippen LogP contribution >= 0.6 is 0 Å². The summed E-state index contributed by atoms with van der Waals surface area (Å²) in [6, 6.07) is 7.26. The van der Waals surface area contributed by atoms with E-state index in [-0.39, 0.29) is 0 Å². The van der Waals surface area contributed by atoms with E-state index in [4.69, 9.17) is 9.47 Å². The van der Waals surface area contributed by atoms with Crippen molar-refractivity contribution in [1.29, 1.82) is 0 Å². The number of ether oxygens (including phenoxy) is 2. The quantitative estimate of drug-likeness (QED) is 0.790. The van der Waals surface area contributed by atoms with Gasteiger partial charge >= 0.3 is 5.97 Å². The average molecular weight is 376 g/mol. The van der Waals surface area contributed by atoms with Crippen LogP contribution in [0.2, 0.25) is 0 Å². The summed E-state index contributed by atoms with van der Waals surface area (Å²) in [5.41, 5.74) is -1.17. The van der Waals surface area contributed by atoms with Crippen molar-refractivity contribution in [2.75, 3.05) is 46.4 Å². The summed E-state index contributed by atoms with van der Waals surface area (Å²) < 4.78 is 11.4. The molecule has 0 aliphatic carbocycles. The van der Waals surface area contributed by atoms with Gasteiger partial charge in [0, 0.05) is 39.0 Å². The molecule has 2 aliphatic heterocycles. The number of carboxylic acid groups (broad SMARTS) is 1. The Morgan fingerprint density at radius 2 is 1.89 bits per heavy atom. The zero-order valence-corrected chi connectivity index (χ0v) is 16.5. The highest BCUT2D eigenvalue weighted by molar-refractivity contribution is 5.78. The zero-order valence-electron chi connectivity index (χ0n) is 16.5. The summed E-state index contributed by atoms with van der Waals surface area (Å²) in [5.74, 6) is 0.873. The molecule has 1 atom stereocenters. The number of para-hydroxylation sites is 2. The van der Waals surface area contributed by atoms with Gasteiger partial charge in [0.2, 0.25) is 5.60 Å². The van der Waals surface area contributed by atoms with Crippen LogP contribution in [0.3, 0.4) is 0 Å². The first-order valence-electron chi connectivity index (χ1n) is 10.1. The molecule has 0 saturated carbocycles. The van der Waals surface area contributed by atoms with E-state index in [1.165, 1.54) is 19.4 Å². The predicted molar refractivity (Wildman–Crippen MR) is 105 cm³/mol. The molecule has 0 spiro atoms. The third kappa shape index (κ3) is 4.74.